The summed E-state index contributed by atoms with van der Waals surface area (Å²) in [5.74, 6) is 0. The molecule has 8 rings (SSSR count). The van der Waals surface area contributed by atoms with E-state index in [0.717, 1.165) is 64.4 Å². The maximum absolute atomic E-state index is 4.85. The molecule has 246 valence electrons. The Labute approximate surface area is 301 Å². The van der Waals surface area contributed by atoms with Crippen LogP contribution in [0.2, 0.25) is 0 Å². The van der Waals surface area contributed by atoms with Gasteiger partial charge in [-0.3, -0.25) is 9.98 Å². The summed E-state index contributed by atoms with van der Waals surface area (Å²) in [6, 6.07) is 42.9. The number of hydrogen-bond donors (Lipinski definition) is 0. The van der Waals surface area contributed by atoms with Crippen LogP contribution < -0.4 is 4.90 Å². The quantitative estimate of drug-likeness (QED) is 0.166. The van der Waals surface area contributed by atoms with Gasteiger partial charge in [-0.1, -0.05) is 123 Å². The fourth-order valence-electron chi connectivity index (χ4n) is 7.27. The van der Waals surface area contributed by atoms with Gasteiger partial charge in [0.15, 0.2) is 0 Å². The zero-order valence-electron chi connectivity index (χ0n) is 28.8. The predicted octanol–water partition coefficient (Wildman–Crippen LogP) is 12.6. The molecular formula is C48H39N3. The van der Waals surface area contributed by atoms with E-state index in [0.29, 0.717) is 0 Å². The Morgan fingerprint density at radius 3 is 2.37 bits per heavy atom. The van der Waals surface area contributed by atoms with Crippen LogP contribution in [0.1, 0.15) is 54.1 Å². The number of aliphatic imine (C=N–C) groups is 1. The summed E-state index contributed by atoms with van der Waals surface area (Å²) in [5, 5.41) is 0. The third kappa shape index (κ3) is 6.42. The number of aromatic nitrogens is 1. The van der Waals surface area contributed by atoms with Crippen molar-refractivity contribution in [2.24, 2.45) is 4.99 Å². The average molecular weight is 658 g/mol. The predicted molar refractivity (Wildman–Crippen MR) is 217 cm³/mol. The van der Waals surface area contributed by atoms with Crippen LogP contribution in [0, 0.1) is 0 Å². The SMILES string of the molecule is C=C1C2=C(/C(=C\CC)c3cccc(N(c4ccccc4)c4cccc(C5=CCC=C(c6ccccn6)N=C5)c4)c3)C=CC=C(C2)c2ccccc21. The molecule has 0 atom stereocenters. The van der Waals surface area contributed by atoms with Gasteiger partial charge in [-0.05, 0) is 123 Å². The molecule has 5 aromatic rings. The Morgan fingerprint density at radius 2 is 1.55 bits per heavy atom. The first-order valence-electron chi connectivity index (χ1n) is 17.7. The Balaban J connectivity index is 1.18. The summed E-state index contributed by atoms with van der Waals surface area (Å²) >= 11 is 0. The summed E-state index contributed by atoms with van der Waals surface area (Å²) < 4.78 is 0. The molecule has 1 aliphatic heterocycles. The average Bonchev–Trinajstić information content (AvgIpc) is 3.56. The van der Waals surface area contributed by atoms with Gasteiger partial charge in [-0.15, -0.1) is 0 Å². The summed E-state index contributed by atoms with van der Waals surface area (Å²) in [6.07, 6.45) is 19.9. The molecule has 3 aliphatic rings. The topological polar surface area (TPSA) is 28.5 Å². The molecule has 2 heterocycles. The second-order valence-electron chi connectivity index (χ2n) is 12.9. The lowest BCUT2D eigenvalue weighted by atomic mass is 9.78. The van der Waals surface area contributed by atoms with E-state index in [-0.39, 0.29) is 0 Å². The summed E-state index contributed by atoms with van der Waals surface area (Å²) in [4.78, 5) is 11.7. The van der Waals surface area contributed by atoms with Crippen molar-refractivity contribution in [2.45, 2.75) is 26.2 Å². The van der Waals surface area contributed by atoms with E-state index in [4.69, 9.17) is 4.99 Å². The van der Waals surface area contributed by atoms with Gasteiger partial charge in [-0.2, -0.15) is 0 Å². The zero-order valence-corrected chi connectivity index (χ0v) is 28.8. The standard InChI is InChI=1S/C48H39N3/c1-3-15-43(45-26-13-18-37-32-46(45)34(2)42-24-7-8-25-44(37)42)36-17-12-23-41(31-36)51(39-20-5-4-6-21-39)40-22-11-16-35(30-40)38-19-14-28-48(50-33-38)47-27-9-10-29-49-47/h4-13,15-31,33H,2-3,14,32H2,1H3/b43-15-. The summed E-state index contributed by atoms with van der Waals surface area (Å²) in [6.45, 7) is 6.84. The highest BCUT2D eigenvalue weighted by molar-refractivity contribution is 6.12. The van der Waals surface area contributed by atoms with Crippen molar-refractivity contribution < 1.29 is 0 Å². The van der Waals surface area contributed by atoms with Gasteiger partial charge in [0.25, 0.3) is 0 Å². The lowest BCUT2D eigenvalue weighted by Gasteiger charge is -2.28. The van der Waals surface area contributed by atoms with Crippen molar-refractivity contribution in [3.63, 3.8) is 0 Å². The minimum atomic E-state index is 0.782. The van der Waals surface area contributed by atoms with E-state index in [1.165, 1.54) is 39.0 Å². The molecule has 2 bridgehead atoms. The van der Waals surface area contributed by atoms with Crippen LogP contribution in [0.25, 0.3) is 28.0 Å². The first kappa shape index (κ1) is 31.9. The van der Waals surface area contributed by atoms with Crippen LogP contribution in [-0.4, -0.2) is 11.2 Å². The first-order valence-corrected chi connectivity index (χ1v) is 17.7. The van der Waals surface area contributed by atoms with E-state index in [2.05, 4.69) is 163 Å². The van der Waals surface area contributed by atoms with Gasteiger partial charge in [0.1, 0.15) is 0 Å². The second kappa shape index (κ2) is 14.3. The molecule has 4 aromatic carbocycles. The lowest BCUT2D eigenvalue weighted by Crippen LogP contribution is -2.11. The number of anilines is 3. The minimum Gasteiger partial charge on any atom is -0.310 e. The third-order valence-corrected chi connectivity index (χ3v) is 9.70. The molecule has 0 unspecified atom stereocenters. The fourth-order valence-corrected chi connectivity index (χ4v) is 7.27. The largest absolute Gasteiger partial charge is 0.310 e. The van der Waals surface area contributed by atoms with Gasteiger partial charge in [-0.25, -0.2) is 0 Å². The van der Waals surface area contributed by atoms with Crippen LogP contribution >= 0.6 is 0 Å². The zero-order chi connectivity index (χ0) is 34.6. The van der Waals surface area contributed by atoms with Crippen molar-refractivity contribution in [1.82, 2.24) is 4.98 Å². The molecular weight excluding hydrogens is 619 g/mol. The van der Waals surface area contributed by atoms with E-state index in [1.54, 1.807) is 0 Å². The van der Waals surface area contributed by atoms with Crippen molar-refractivity contribution in [1.29, 1.82) is 0 Å². The summed E-state index contributed by atoms with van der Waals surface area (Å²) in [5.41, 5.74) is 17.2. The number of hydrogen-bond acceptors (Lipinski definition) is 3. The van der Waals surface area contributed by atoms with Crippen LogP contribution in [0.5, 0.6) is 0 Å². The molecule has 2 aliphatic carbocycles. The molecule has 0 spiro atoms. The number of nitrogens with zero attached hydrogens (tertiary/aromatic N) is 3. The number of fused-ring (bicyclic) bond motifs is 4. The summed E-state index contributed by atoms with van der Waals surface area (Å²) in [7, 11) is 0. The monoisotopic (exact) mass is 657 g/mol. The number of para-hydroxylation sites is 1. The lowest BCUT2D eigenvalue weighted by molar-refractivity contribution is 1.21. The van der Waals surface area contributed by atoms with Crippen molar-refractivity contribution >= 4 is 51.3 Å². The smallest absolute Gasteiger partial charge is 0.0882 e. The highest BCUT2D eigenvalue weighted by Crippen LogP contribution is 2.46. The van der Waals surface area contributed by atoms with Crippen molar-refractivity contribution in [2.75, 3.05) is 4.90 Å². The molecule has 51 heavy (non-hydrogen) atoms. The Kier molecular flexibility index (Phi) is 8.93. The van der Waals surface area contributed by atoms with E-state index >= 15 is 0 Å². The fraction of sp³-hybridized carbons (Fsp3) is 0.0833. The van der Waals surface area contributed by atoms with Crippen molar-refractivity contribution in [3.8, 4) is 0 Å². The van der Waals surface area contributed by atoms with E-state index in [9.17, 15) is 0 Å². The Morgan fingerprint density at radius 1 is 0.784 bits per heavy atom. The molecule has 0 saturated heterocycles. The molecule has 0 fully saturated rings. The molecule has 0 amide bonds. The molecule has 0 N–H and O–H groups in total. The Bertz CT molecular complexity index is 2350. The van der Waals surface area contributed by atoms with Gasteiger partial charge in [0.2, 0.25) is 0 Å². The minimum absolute atomic E-state index is 0.782. The number of pyridine rings is 1. The van der Waals surface area contributed by atoms with Gasteiger partial charge >= 0.3 is 0 Å². The second-order valence-corrected chi connectivity index (χ2v) is 12.9. The van der Waals surface area contributed by atoms with E-state index in [1.807, 2.05) is 30.6 Å². The normalized spacial score (nSPS) is 15.4. The highest BCUT2D eigenvalue weighted by Gasteiger charge is 2.25. The van der Waals surface area contributed by atoms with Gasteiger partial charge < -0.3 is 4.90 Å². The van der Waals surface area contributed by atoms with Crippen molar-refractivity contribution in [3.05, 3.63) is 210 Å². The number of rotatable bonds is 8. The maximum atomic E-state index is 4.85. The highest BCUT2D eigenvalue weighted by atomic mass is 15.1. The van der Waals surface area contributed by atoms with Crippen LogP contribution in [-0.2, 0) is 0 Å². The molecule has 0 radical (unpaired) electrons. The van der Waals surface area contributed by atoms with Gasteiger partial charge in [0.05, 0.1) is 11.4 Å². The molecule has 3 nitrogen and oxygen atoms in total. The molecule has 1 aromatic heterocycles. The molecule has 3 heteroatoms. The van der Waals surface area contributed by atoms with Crippen LogP contribution in [0.3, 0.4) is 0 Å². The van der Waals surface area contributed by atoms with E-state index < -0.39 is 0 Å². The Hall–Kier alpha value is -6.32. The first-order chi connectivity index (χ1) is 25.2. The van der Waals surface area contributed by atoms with Crippen LogP contribution in [0.4, 0.5) is 17.1 Å². The number of allylic oxidation sites excluding steroid dienone is 12. The van der Waals surface area contributed by atoms with Crippen LogP contribution in [0.15, 0.2) is 187 Å². The van der Waals surface area contributed by atoms with Gasteiger partial charge in [0, 0.05) is 29.5 Å². The maximum Gasteiger partial charge on any atom is 0.0882 e. The molecule has 0 saturated carbocycles. The number of benzene rings is 4. The third-order valence-electron chi connectivity index (χ3n) is 9.70.